The fourth-order valence-electron chi connectivity index (χ4n) is 1.17. The van der Waals surface area contributed by atoms with Crippen molar-refractivity contribution in [2.75, 3.05) is 0 Å². The van der Waals surface area contributed by atoms with E-state index in [1.165, 1.54) is 0 Å². The lowest BCUT2D eigenvalue weighted by Gasteiger charge is -2.04. The third-order valence-electron chi connectivity index (χ3n) is 1.99. The maximum absolute atomic E-state index is 11.6. The molecule has 1 aromatic heterocycles. The van der Waals surface area contributed by atoms with E-state index in [4.69, 9.17) is 0 Å². The van der Waals surface area contributed by atoms with Crippen molar-refractivity contribution >= 4 is 33.4 Å². The summed E-state index contributed by atoms with van der Waals surface area (Å²) in [5.74, 6) is -0.204. The monoisotopic (exact) mass is 297 g/mol. The van der Waals surface area contributed by atoms with Gasteiger partial charge in [0.1, 0.15) is 0 Å². The molecule has 0 atom stereocenters. The van der Waals surface area contributed by atoms with Gasteiger partial charge in [-0.1, -0.05) is 38.6 Å². The fraction of sp³-hybridized carbons (Fsp3) is 0.100. The first-order chi connectivity index (χ1) is 7.77. The number of amides is 1. The predicted molar refractivity (Wildman–Crippen MR) is 65.2 cm³/mol. The molecule has 0 fully saturated rings. The molecular weight excluding hydrogens is 290 g/mol. The van der Waals surface area contributed by atoms with E-state index in [0.717, 1.165) is 21.6 Å². The third kappa shape index (κ3) is 2.65. The topological polar surface area (TPSA) is 54.9 Å². The van der Waals surface area contributed by atoms with E-state index in [-0.39, 0.29) is 5.91 Å². The van der Waals surface area contributed by atoms with Crippen molar-refractivity contribution in [2.24, 2.45) is 0 Å². The minimum Gasteiger partial charge on any atom is -0.346 e. The first kappa shape index (κ1) is 11.2. The van der Waals surface area contributed by atoms with Crippen LogP contribution in [-0.4, -0.2) is 15.5 Å². The highest BCUT2D eigenvalue weighted by Gasteiger charge is 2.08. The van der Waals surface area contributed by atoms with Crippen molar-refractivity contribution in [2.45, 2.75) is 6.54 Å². The van der Waals surface area contributed by atoms with Crippen molar-refractivity contribution in [3.8, 4) is 0 Å². The van der Waals surface area contributed by atoms with E-state index in [9.17, 15) is 4.79 Å². The average molecular weight is 298 g/mol. The second-order valence-electron chi connectivity index (χ2n) is 3.06. The van der Waals surface area contributed by atoms with Gasteiger partial charge in [-0.05, 0) is 23.2 Å². The number of carbonyl (C=O) groups excluding carboxylic acids is 1. The number of rotatable bonds is 3. The molecule has 0 aliphatic heterocycles. The van der Waals surface area contributed by atoms with Crippen LogP contribution in [0.1, 0.15) is 16.1 Å². The summed E-state index contributed by atoms with van der Waals surface area (Å²) in [5, 5.41) is 8.09. The number of nitrogens with zero attached hydrogens (tertiary/aromatic N) is 2. The molecule has 0 saturated heterocycles. The number of halogens is 1. The Labute approximate surface area is 105 Å². The Morgan fingerprint density at radius 2 is 2.25 bits per heavy atom. The summed E-state index contributed by atoms with van der Waals surface area (Å²) in [4.78, 5) is 11.6. The van der Waals surface area contributed by atoms with Crippen LogP contribution in [-0.2, 0) is 6.54 Å². The number of carbonyl (C=O) groups is 1. The number of benzene rings is 1. The zero-order chi connectivity index (χ0) is 11.4. The Balaban J connectivity index is 1.98. The van der Waals surface area contributed by atoms with Crippen LogP contribution in [0.4, 0.5) is 0 Å². The van der Waals surface area contributed by atoms with Crippen LogP contribution >= 0.6 is 27.5 Å². The predicted octanol–water partition coefficient (Wildman–Crippen LogP) is 2.23. The van der Waals surface area contributed by atoms with Crippen LogP contribution < -0.4 is 5.32 Å². The van der Waals surface area contributed by atoms with Crippen LogP contribution in [0.5, 0.6) is 0 Å². The number of aromatic nitrogens is 2. The van der Waals surface area contributed by atoms with Crippen LogP contribution in [0.3, 0.4) is 0 Å². The first-order valence-corrected chi connectivity index (χ1v) is 6.19. The Bertz CT molecular complexity index is 487. The first-order valence-electron chi connectivity index (χ1n) is 4.56. The van der Waals surface area contributed by atoms with Gasteiger partial charge in [-0.25, -0.2) is 0 Å². The van der Waals surface area contributed by atoms with E-state index in [1.807, 2.05) is 24.3 Å². The summed E-state index contributed by atoms with van der Waals surface area (Å²) >= 11 is 4.58. The van der Waals surface area contributed by atoms with Crippen molar-refractivity contribution in [1.29, 1.82) is 0 Å². The van der Waals surface area contributed by atoms with Gasteiger partial charge in [-0.15, -0.1) is 5.10 Å². The Morgan fingerprint density at radius 1 is 1.44 bits per heavy atom. The molecule has 0 radical (unpaired) electrons. The lowest BCUT2D eigenvalue weighted by Crippen LogP contribution is -2.23. The molecule has 0 spiro atoms. The second kappa shape index (κ2) is 5.18. The summed E-state index contributed by atoms with van der Waals surface area (Å²) < 4.78 is 4.62. The third-order valence-corrected chi connectivity index (χ3v) is 3.27. The molecule has 16 heavy (non-hydrogen) atoms. The van der Waals surface area contributed by atoms with Crippen molar-refractivity contribution in [3.63, 3.8) is 0 Å². The highest BCUT2D eigenvalue weighted by atomic mass is 79.9. The van der Waals surface area contributed by atoms with Gasteiger partial charge in [-0.3, -0.25) is 4.79 Å². The molecule has 6 heteroatoms. The Kier molecular flexibility index (Phi) is 3.63. The van der Waals surface area contributed by atoms with Crippen molar-refractivity contribution in [3.05, 3.63) is 45.4 Å². The van der Waals surface area contributed by atoms with Gasteiger partial charge in [0.05, 0.1) is 0 Å². The molecule has 0 unspecified atom stereocenters. The van der Waals surface area contributed by atoms with Gasteiger partial charge in [0.2, 0.25) is 0 Å². The lowest BCUT2D eigenvalue weighted by atomic mass is 10.2. The van der Waals surface area contributed by atoms with E-state index in [2.05, 4.69) is 30.8 Å². The van der Waals surface area contributed by atoms with Gasteiger partial charge in [-0.2, -0.15) is 0 Å². The normalized spacial score (nSPS) is 10.1. The highest BCUT2D eigenvalue weighted by Crippen LogP contribution is 2.15. The number of nitrogens with one attached hydrogen (secondary N) is 1. The molecule has 1 heterocycles. The molecule has 1 N–H and O–H groups in total. The average Bonchev–Trinajstić information content (AvgIpc) is 2.81. The highest BCUT2D eigenvalue weighted by molar-refractivity contribution is 9.10. The van der Waals surface area contributed by atoms with Crippen LogP contribution in [0, 0.1) is 0 Å². The van der Waals surface area contributed by atoms with E-state index in [0.29, 0.717) is 12.2 Å². The van der Waals surface area contributed by atoms with Gasteiger partial charge < -0.3 is 5.32 Å². The quantitative estimate of drug-likeness (QED) is 0.945. The molecule has 0 aliphatic rings. The standard InChI is InChI=1S/C10H8BrN3OS/c11-8-4-2-1-3-7(8)5-12-10(15)9-6-16-14-13-9/h1-4,6H,5H2,(H,12,15). The summed E-state index contributed by atoms with van der Waals surface area (Å²) in [6.07, 6.45) is 0. The smallest absolute Gasteiger partial charge is 0.273 e. The number of hydrogen-bond acceptors (Lipinski definition) is 4. The summed E-state index contributed by atoms with van der Waals surface area (Å²) in [6, 6.07) is 7.74. The molecule has 0 saturated carbocycles. The fourth-order valence-corrected chi connectivity index (χ4v) is 2.03. The van der Waals surface area contributed by atoms with Crippen molar-refractivity contribution < 1.29 is 4.79 Å². The van der Waals surface area contributed by atoms with E-state index < -0.39 is 0 Å². The van der Waals surface area contributed by atoms with Crippen LogP contribution in [0.2, 0.25) is 0 Å². The molecule has 1 aromatic carbocycles. The van der Waals surface area contributed by atoms with Gasteiger partial charge in [0.25, 0.3) is 5.91 Å². The van der Waals surface area contributed by atoms with E-state index in [1.54, 1.807) is 5.38 Å². The molecule has 0 bridgehead atoms. The Hall–Kier alpha value is -1.27. The molecule has 1 amide bonds. The molecular formula is C10H8BrN3OS. The molecule has 0 aliphatic carbocycles. The zero-order valence-electron chi connectivity index (χ0n) is 8.18. The Morgan fingerprint density at radius 3 is 2.94 bits per heavy atom. The van der Waals surface area contributed by atoms with Crippen LogP contribution in [0.15, 0.2) is 34.1 Å². The number of hydrogen-bond donors (Lipinski definition) is 1. The minimum absolute atomic E-state index is 0.204. The minimum atomic E-state index is -0.204. The van der Waals surface area contributed by atoms with Crippen LogP contribution in [0.25, 0.3) is 0 Å². The summed E-state index contributed by atoms with van der Waals surface area (Å²) in [7, 11) is 0. The maximum atomic E-state index is 11.6. The molecule has 2 aromatic rings. The summed E-state index contributed by atoms with van der Waals surface area (Å²) in [6.45, 7) is 0.470. The molecule has 82 valence electrons. The van der Waals surface area contributed by atoms with Crippen molar-refractivity contribution in [1.82, 2.24) is 14.9 Å². The second-order valence-corrected chi connectivity index (χ2v) is 4.53. The molecule has 4 nitrogen and oxygen atoms in total. The SMILES string of the molecule is O=C(NCc1ccccc1Br)c1csnn1. The van der Waals surface area contributed by atoms with Gasteiger partial charge in [0, 0.05) is 16.4 Å². The largest absolute Gasteiger partial charge is 0.346 e. The lowest BCUT2D eigenvalue weighted by molar-refractivity contribution is 0.0946. The summed E-state index contributed by atoms with van der Waals surface area (Å²) in [5.41, 5.74) is 1.39. The van der Waals surface area contributed by atoms with Gasteiger partial charge in [0.15, 0.2) is 5.69 Å². The zero-order valence-corrected chi connectivity index (χ0v) is 10.6. The van der Waals surface area contributed by atoms with E-state index >= 15 is 0 Å². The molecule has 2 rings (SSSR count). The maximum Gasteiger partial charge on any atom is 0.273 e. The van der Waals surface area contributed by atoms with Gasteiger partial charge >= 0.3 is 0 Å².